The highest BCUT2D eigenvalue weighted by Crippen LogP contribution is 2.27. The Morgan fingerprint density at radius 3 is 2.13 bits per heavy atom. The first kappa shape index (κ1) is 22.2. The third-order valence-electron chi connectivity index (χ3n) is 4.32. The number of nitrogens with one attached hydrogen (secondary N) is 1. The minimum Gasteiger partial charge on any atom is -0.453 e. The van der Waals surface area contributed by atoms with E-state index in [-0.39, 0.29) is 29.0 Å². The Morgan fingerprint density at radius 1 is 0.935 bits per heavy atom. The number of esters is 1. The number of anilines is 1. The summed E-state index contributed by atoms with van der Waals surface area (Å²) in [5.74, 6) is -0.244. The van der Waals surface area contributed by atoms with Gasteiger partial charge < -0.3 is 10.1 Å². The lowest BCUT2D eigenvalue weighted by molar-refractivity contribution is -0.147. The molecule has 0 radical (unpaired) electrons. The predicted molar refractivity (Wildman–Crippen MR) is 121 cm³/mol. The number of ether oxygens (including phenoxy) is 1. The van der Waals surface area contributed by atoms with Gasteiger partial charge in [-0.25, -0.2) is 4.98 Å². The van der Waals surface area contributed by atoms with Gasteiger partial charge in [-0.3, -0.25) is 14.4 Å². The van der Waals surface area contributed by atoms with Crippen LogP contribution in [0.2, 0.25) is 0 Å². The number of hydrogen-bond acceptors (Lipinski definition) is 6. The van der Waals surface area contributed by atoms with Crippen molar-refractivity contribution in [3.63, 3.8) is 0 Å². The lowest BCUT2D eigenvalue weighted by atomic mass is 10.0. The molecule has 1 heterocycles. The Labute approximate surface area is 185 Å². The molecule has 7 heteroatoms. The van der Waals surface area contributed by atoms with Crippen molar-refractivity contribution in [2.45, 2.75) is 19.4 Å². The van der Waals surface area contributed by atoms with E-state index in [2.05, 4.69) is 10.3 Å². The zero-order chi connectivity index (χ0) is 22.1. The summed E-state index contributed by atoms with van der Waals surface area (Å²) in [5, 5.41) is 2.27. The molecule has 0 aliphatic heterocycles. The molecule has 1 N–H and O–H groups in total. The fourth-order valence-corrected chi connectivity index (χ4v) is 3.69. The van der Waals surface area contributed by atoms with E-state index >= 15 is 0 Å². The molecule has 0 aliphatic carbocycles. The highest BCUT2D eigenvalue weighted by Gasteiger charge is 2.20. The molecular weight excluding hydrogens is 412 g/mol. The van der Waals surface area contributed by atoms with E-state index in [1.54, 1.807) is 12.1 Å². The minimum absolute atomic E-state index is 0.0717. The van der Waals surface area contributed by atoms with Crippen LogP contribution in [-0.4, -0.2) is 27.7 Å². The number of hydrogen-bond donors (Lipinski definition) is 1. The van der Waals surface area contributed by atoms with Crippen molar-refractivity contribution < 1.29 is 19.1 Å². The maximum Gasteiger partial charge on any atom is 0.307 e. The lowest BCUT2D eigenvalue weighted by Gasteiger charge is -2.19. The third kappa shape index (κ3) is 6.52. The van der Waals surface area contributed by atoms with Crippen LogP contribution in [0.3, 0.4) is 0 Å². The van der Waals surface area contributed by atoms with E-state index in [9.17, 15) is 14.4 Å². The highest BCUT2D eigenvalue weighted by molar-refractivity contribution is 8.14. The summed E-state index contributed by atoms with van der Waals surface area (Å²) in [7, 11) is 0. The van der Waals surface area contributed by atoms with Gasteiger partial charge in [0.1, 0.15) is 5.82 Å². The van der Waals surface area contributed by atoms with Gasteiger partial charge in [-0.05, 0) is 23.3 Å². The first-order chi connectivity index (χ1) is 15.0. The van der Waals surface area contributed by atoms with E-state index in [1.807, 2.05) is 60.7 Å². The van der Waals surface area contributed by atoms with E-state index in [4.69, 9.17) is 4.74 Å². The van der Waals surface area contributed by atoms with Crippen molar-refractivity contribution in [3.8, 4) is 0 Å². The fourth-order valence-electron chi connectivity index (χ4n) is 2.92. The normalized spacial score (nSPS) is 10.5. The van der Waals surface area contributed by atoms with Crippen LogP contribution >= 0.6 is 11.8 Å². The van der Waals surface area contributed by atoms with Crippen molar-refractivity contribution in [3.05, 3.63) is 95.7 Å². The Morgan fingerprint density at radius 2 is 1.55 bits per heavy atom. The van der Waals surface area contributed by atoms with Crippen LogP contribution in [-0.2, 0) is 14.3 Å². The molecule has 0 fully saturated rings. The summed E-state index contributed by atoms with van der Waals surface area (Å²) in [6.07, 6.45) is 1.06. The Hall–Kier alpha value is -3.45. The number of nitrogens with zero attached hydrogens (tertiary/aromatic N) is 1. The molecule has 0 unspecified atom stereocenters. The van der Waals surface area contributed by atoms with E-state index in [0.717, 1.165) is 22.9 Å². The van der Waals surface area contributed by atoms with Gasteiger partial charge in [0.25, 0.3) is 0 Å². The Bertz CT molecular complexity index is 1000. The Balaban J connectivity index is 1.60. The van der Waals surface area contributed by atoms with E-state index < -0.39 is 12.1 Å². The average Bonchev–Trinajstić information content (AvgIpc) is 2.78. The zero-order valence-electron chi connectivity index (χ0n) is 17.0. The van der Waals surface area contributed by atoms with Gasteiger partial charge in [0.15, 0.2) is 6.10 Å². The number of carbonyl (C=O) groups is 3. The molecule has 2 aromatic carbocycles. The summed E-state index contributed by atoms with van der Waals surface area (Å²) in [6, 6.07) is 22.3. The predicted octanol–water partition coefficient (Wildman–Crippen LogP) is 4.64. The van der Waals surface area contributed by atoms with E-state index in [1.165, 1.54) is 13.1 Å². The second kappa shape index (κ2) is 11.1. The van der Waals surface area contributed by atoms with Crippen molar-refractivity contribution >= 4 is 34.6 Å². The molecule has 0 saturated carbocycles. The van der Waals surface area contributed by atoms with Gasteiger partial charge >= 0.3 is 5.97 Å². The van der Waals surface area contributed by atoms with Gasteiger partial charge in [-0.15, -0.1) is 0 Å². The number of aromatic nitrogens is 1. The number of thioether (sulfide) groups is 1. The van der Waals surface area contributed by atoms with Gasteiger partial charge in [0, 0.05) is 18.9 Å². The third-order valence-corrected chi connectivity index (χ3v) is 5.21. The number of amides is 1. The molecule has 3 aromatic rings. The molecular formula is C24H22N2O4S. The summed E-state index contributed by atoms with van der Waals surface area (Å²) in [6.45, 7) is 1.35. The minimum atomic E-state index is -0.514. The summed E-state index contributed by atoms with van der Waals surface area (Å²) in [5.41, 5.74) is 2.05. The largest absolute Gasteiger partial charge is 0.453 e. The topological polar surface area (TPSA) is 85.4 Å². The van der Waals surface area contributed by atoms with Gasteiger partial charge in [-0.1, -0.05) is 72.4 Å². The molecule has 31 heavy (non-hydrogen) atoms. The van der Waals surface area contributed by atoms with Crippen LogP contribution in [0.25, 0.3) is 0 Å². The van der Waals surface area contributed by atoms with Crippen LogP contribution in [0.15, 0.2) is 79.0 Å². The SMILES string of the molecule is CC(=O)Nc1ncccc1C(=O)SCCC(=O)OC(c1ccccc1)c1ccccc1. The van der Waals surface area contributed by atoms with Crippen LogP contribution in [0.4, 0.5) is 5.82 Å². The maximum absolute atomic E-state index is 12.5. The summed E-state index contributed by atoms with van der Waals surface area (Å²) < 4.78 is 5.75. The molecule has 3 rings (SSSR count). The fraction of sp³-hybridized carbons (Fsp3) is 0.167. The van der Waals surface area contributed by atoms with Crippen molar-refractivity contribution in [2.75, 3.05) is 11.1 Å². The smallest absolute Gasteiger partial charge is 0.307 e. The average molecular weight is 435 g/mol. The second-order valence-corrected chi connectivity index (χ2v) is 7.73. The lowest BCUT2D eigenvalue weighted by Crippen LogP contribution is -2.14. The van der Waals surface area contributed by atoms with Crippen molar-refractivity contribution in [1.82, 2.24) is 4.98 Å². The van der Waals surface area contributed by atoms with Crippen molar-refractivity contribution in [1.29, 1.82) is 0 Å². The zero-order valence-corrected chi connectivity index (χ0v) is 17.8. The Kier molecular flexibility index (Phi) is 7.95. The van der Waals surface area contributed by atoms with Gasteiger partial charge in [0.05, 0.1) is 12.0 Å². The van der Waals surface area contributed by atoms with Crippen molar-refractivity contribution in [2.24, 2.45) is 0 Å². The molecule has 0 spiro atoms. The molecule has 0 bridgehead atoms. The van der Waals surface area contributed by atoms with E-state index in [0.29, 0.717) is 5.56 Å². The first-order valence-electron chi connectivity index (χ1n) is 9.73. The number of carbonyl (C=O) groups excluding carboxylic acids is 3. The molecule has 1 aromatic heterocycles. The van der Waals surface area contributed by atoms with Gasteiger partial charge in [-0.2, -0.15) is 0 Å². The van der Waals surface area contributed by atoms with Crippen LogP contribution in [0.5, 0.6) is 0 Å². The molecule has 0 atom stereocenters. The summed E-state index contributed by atoms with van der Waals surface area (Å²) >= 11 is 0.987. The second-order valence-electron chi connectivity index (χ2n) is 6.66. The number of benzene rings is 2. The maximum atomic E-state index is 12.5. The quantitative estimate of drug-likeness (QED) is 0.520. The van der Waals surface area contributed by atoms with Gasteiger partial charge in [0.2, 0.25) is 11.0 Å². The monoisotopic (exact) mass is 434 g/mol. The first-order valence-corrected chi connectivity index (χ1v) is 10.7. The molecule has 1 amide bonds. The van der Waals surface area contributed by atoms with Crippen LogP contribution in [0.1, 0.15) is 40.9 Å². The standard InChI is InChI=1S/C24H22N2O4S/c1-17(27)26-23-20(13-8-15-25-23)24(29)31-16-14-21(28)30-22(18-9-4-2-5-10-18)19-11-6-3-7-12-19/h2-13,15,22H,14,16H2,1H3,(H,25,26,27). The highest BCUT2D eigenvalue weighted by atomic mass is 32.2. The van der Waals surface area contributed by atoms with Crippen LogP contribution in [0, 0.1) is 0 Å². The number of rotatable bonds is 8. The molecule has 0 saturated heterocycles. The summed E-state index contributed by atoms with van der Waals surface area (Å²) in [4.78, 5) is 40.4. The number of pyridine rings is 1. The molecule has 6 nitrogen and oxygen atoms in total. The van der Waals surface area contributed by atoms with Crippen LogP contribution < -0.4 is 5.32 Å². The molecule has 0 aliphatic rings. The molecule has 158 valence electrons.